The van der Waals surface area contributed by atoms with E-state index < -0.39 is 0 Å². The number of ether oxygens (including phenoxy) is 1. The number of nitrogens with one attached hydrogen (secondary N) is 2. The largest absolute Gasteiger partial charge is 0.496 e. The molecule has 0 fully saturated rings. The Kier molecular flexibility index (Phi) is 6.56. The lowest BCUT2D eigenvalue weighted by Gasteiger charge is -2.17. The summed E-state index contributed by atoms with van der Waals surface area (Å²) in [7, 11) is 1.64. The zero-order valence-corrected chi connectivity index (χ0v) is 13.3. The summed E-state index contributed by atoms with van der Waals surface area (Å²) in [5, 5.41) is 7.14. The van der Waals surface area contributed by atoms with Gasteiger partial charge in [0.15, 0.2) is 5.96 Å². The first kappa shape index (κ1) is 15.4. The predicted octanol–water partition coefficient (Wildman–Crippen LogP) is 2.41. The molecule has 18 heavy (non-hydrogen) atoms. The lowest BCUT2D eigenvalue weighted by atomic mass is 10.2. The second-order valence-electron chi connectivity index (χ2n) is 3.82. The van der Waals surface area contributed by atoms with Gasteiger partial charge in [-0.15, -0.1) is 24.0 Å². The fourth-order valence-corrected chi connectivity index (χ4v) is 1.86. The second kappa shape index (κ2) is 7.68. The van der Waals surface area contributed by atoms with Crippen molar-refractivity contribution in [3.05, 3.63) is 28.8 Å². The van der Waals surface area contributed by atoms with Crippen LogP contribution in [0.5, 0.6) is 5.75 Å². The number of aliphatic imine (C=N–C) groups is 1. The van der Waals surface area contributed by atoms with E-state index in [1.54, 1.807) is 7.11 Å². The number of benzene rings is 1. The Morgan fingerprint density at radius 1 is 1.50 bits per heavy atom. The molecule has 0 unspecified atom stereocenters. The number of nitrogens with zero attached hydrogens (tertiary/aromatic N) is 1. The topological polar surface area (TPSA) is 45.6 Å². The molecule has 4 nitrogen and oxygen atoms in total. The monoisotopic (exact) mass is 381 g/mol. The van der Waals surface area contributed by atoms with Gasteiger partial charge in [0.05, 0.1) is 7.11 Å². The first-order chi connectivity index (χ1) is 8.29. The Labute approximate surface area is 129 Å². The smallest absolute Gasteiger partial charge is 0.191 e. The van der Waals surface area contributed by atoms with Crippen LogP contribution in [0.2, 0.25) is 5.02 Å². The molecule has 2 N–H and O–H groups in total. The first-order valence-electron chi connectivity index (χ1n) is 5.64. The average molecular weight is 382 g/mol. The third-order valence-electron chi connectivity index (χ3n) is 2.59. The van der Waals surface area contributed by atoms with Crippen LogP contribution in [0.3, 0.4) is 0 Å². The molecule has 0 atom stereocenters. The molecule has 2 rings (SSSR count). The molecule has 6 heteroatoms. The van der Waals surface area contributed by atoms with Crippen molar-refractivity contribution < 1.29 is 4.74 Å². The van der Waals surface area contributed by atoms with Crippen molar-refractivity contribution in [1.29, 1.82) is 0 Å². The van der Waals surface area contributed by atoms with Crippen molar-refractivity contribution in [1.82, 2.24) is 10.6 Å². The summed E-state index contributed by atoms with van der Waals surface area (Å²) in [6.07, 6.45) is 1.09. The fraction of sp³-hybridized carbons (Fsp3) is 0.417. The lowest BCUT2D eigenvalue weighted by molar-refractivity contribution is 0.409. The maximum Gasteiger partial charge on any atom is 0.191 e. The van der Waals surface area contributed by atoms with Crippen LogP contribution in [0.25, 0.3) is 0 Å². The molecule has 0 aliphatic carbocycles. The molecule has 1 aromatic rings. The van der Waals surface area contributed by atoms with Gasteiger partial charge in [-0.05, 0) is 18.6 Å². The minimum atomic E-state index is 0. The van der Waals surface area contributed by atoms with Crippen LogP contribution in [0.4, 0.5) is 0 Å². The minimum absolute atomic E-state index is 0. The highest BCUT2D eigenvalue weighted by Gasteiger charge is 2.06. The maximum absolute atomic E-state index is 5.91. The van der Waals surface area contributed by atoms with E-state index in [0.29, 0.717) is 11.6 Å². The molecule has 0 amide bonds. The van der Waals surface area contributed by atoms with Gasteiger partial charge < -0.3 is 15.4 Å². The molecule has 0 bridgehead atoms. The highest BCUT2D eigenvalue weighted by Crippen LogP contribution is 2.22. The van der Waals surface area contributed by atoms with Crippen molar-refractivity contribution in [2.75, 3.05) is 20.2 Å². The average Bonchev–Trinajstić information content (AvgIpc) is 2.38. The van der Waals surface area contributed by atoms with Crippen molar-refractivity contribution in [3.63, 3.8) is 0 Å². The van der Waals surface area contributed by atoms with Crippen molar-refractivity contribution in [2.45, 2.75) is 13.0 Å². The maximum atomic E-state index is 5.91. The van der Waals surface area contributed by atoms with Crippen molar-refractivity contribution in [3.8, 4) is 5.75 Å². The van der Waals surface area contributed by atoms with E-state index in [4.69, 9.17) is 16.3 Å². The van der Waals surface area contributed by atoms with Crippen LogP contribution < -0.4 is 15.4 Å². The van der Waals surface area contributed by atoms with E-state index in [0.717, 1.165) is 36.8 Å². The Balaban J connectivity index is 0.00000162. The summed E-state index contributed by atoms with van der Waals surface area (Å²) in [5.74, 6) is 1.65. The highest BCUT2D eigenvalue weighted by atomic mass is 127. The van der Waals surface area contributed by atoms with E-state index in [1.165, 1.54) is 0 Å². The predicted molar refractivity (Wildman–Crippen MR) is 85.2 cm³/mol. The van der Waals surface area contributed by atoms with Crippen LogP contribution in [-0.4, -0.2) is 26.2 Å². The number of rotatable bonds is 3. The first-order valence-corrected chi connectivity index (χ1v) is 6.02. The molecule has 0 spiro atoms. The highest BCUT2D eigenvalue weighted by molar-refractivity contribution is 14.0. The van der Waals surface area contributed by atoms with Crippen LogP contribution in [-0.2, 0) is 6.54 Å². The van der Waals surface area contributed by atoms with Gasteiger partial charge in [-0.1, -0.05) is 17.7 Å². The normalized spacial score (nSPS) is 14.0. The van der Waals surface area contributed by atoms with Gasteiger partial charge in [0.2, 0.25) is 0 Å². The summed E-state index contributed by atoms with van der Waals surface area (Å²) < 4.78 is 5.28. The van der Waals surface area contributed by atoms with Crippen LogP contribution in [0, 0.1) is 0 Å². The molecule has 1 aliphatic heterocycles. The standard InChI is InChI=1S/C12H16ClN3O.HI/c1-17-11-7-10(13)4-3-9(11)8-16-12-14-5-2-6-15-12;/h3-4,7H,2,5-6,8H2,1H3,(H2,14,15,16);1H. The molecule has 1 aliphatic rings. The summed E-state index contributed by atoms with van der Waals surface area (Å²) in [6, 6.07) is 5.63. The third kappa shape index (κ3) is 4.20. The van der Waals surface area contributed by atoms with Crippen molar-refractivity contribution in [2.24, 2.45) is 4.99 Å². The molecule has 0 saturated heterocycles. The molecule has 1 heterocycles. The number of guanidine groups is 1. The van der Waals surface area contributed by atoms with Gasteiger partial charge in [0, 0.05) is 30.2 Å². The van der Waals surface area contributed by atoms with E-state index in [1.807, 2.05) is 18.2 Å². The zero-order valence-electron chi connectivity index (χ0n) is 10.2. The lowest BCUT2D eigenvalue weighted by Crippen LogP contribution is -2.40. The summed E-state index contributed by atoms with van der Waals surface area (Å²) in [6.45, 7) is 2.53. The van der Waals surface area contributed by atoms with Gasteiger partial charge >= 0.3 is 0 Å². The fourth-order valence-electron chi connectivity index (χ4n) is 1.69. The summed E-state index contributed by atoms with van der Waals surface area (Å²) in [4.78, 5) is 4.35. The Bertz CT molecular complexity index is 426. The van der Waals surface area contributed by atoms with E-state index in [-0.39, 0.29) is 24.0 Å². The van der Waals surface area contributed by atoms with Crippen molar-refractivity contribution >= 4 is 41.5 Å². The Morgan fingerprint density at radius 3 is 3.00 bits per heavy atom. The Hall–Kier alpha value is -0.690. The molecule has 0 saturated carbocycles. The molecule has 0 aromatic heterocycles. The Morgan fingerprint density at radius 2 is 2.33 bits per heavy atom. The van der Waals surface area contributed by atoms with Crippen LogP contribution in [0.15, 0.2) is 23.2 Å². The number of hydrogen-bond acceptors (Lipinski definition) is 4. The molecule has 100 valence electrons. The van der Waals surface area contributed by atoms with Gasteiger partial charge in [-0.2, -0.15) is 0 Å². The van der Waals surface area contributed by atoms with Gasteiger partial charge in [0.25, 0.3) is 0 Å². The summed E-state index contributed by atoms with van der Waals surface area (Å²) in [5.41, 5.74) is 1.06. The number of methoxy groups -OCH3 is 1. The van der Waals surface area contributed by atoms with E-state index in [9.17, 15) is 0 Å². The second-order valence-corrected chi connectivity index (χ2v) is 4.26. The van der Waals surface area contributed by atoms with Crippen LogP contribution in [0.1, 0.15) is 12.0 Å². The number of halogens is 2. The molecular weight excluding hydrogens is 365 g/mol. The quantitative estimate of drug-likeness (QED) is 0.791. The third-order valence-corrected chi connectivity index (χ3v) is 2.83. The van der Waals surface area contributed by atoms with E-state index >= 15 is 0 Å². The van der Waals surface area contributed by atoms with Gasteiger partial charge in [0.1, 0.15) is 5.75 Å². The number of hydrogen-bond donors (Lipinski definition) is 2. The van der Waals surface area contributed by atoms with E-state index in [2.05, 4.69) is 15.6 Å². The zero-order chi connectivity index (χ0) is 12.1. The molecule has 0 radical (unpaired) electrons. The van der Waals surface area contributed by atoms with Crippen LogP contribution >= 0.6 is 35.6 Å². The minimum Gasteiger partial charge on any atom is -0.496 e. The van der Waals surface area contributed by atoms with Gasteiger partial charge in [-0.3, -0.25) is 4.99 Å². The van der Waals surface area contributed by atoms with Gasteiger partial charge in [-0.25, -0.2) is 0 Å². The summed E-state index contributed by atoms with van der Waals surface area (Å²) >= 11 is 5.91. The molecular formula is C12H17ClIN3O. The SMILES string of the molecule is COc1cc(Cl)ccc1CNC1=NCCCN1.I. The molecule has 1 aromatic carbocycles.